The summed E-state index contributed by atoms with van der Waals surface area (Å²) in [5.41, 5.74) is 0.863. The number of nitrogens with one attached hydrogen (secondary N) is 1. The minimum Gasteiger partial charge on any atom is -0.395 e. The molecule has 0 aromatic heterocycles. The van der Waals surface area contributed by atoms with Gasteiger partial charge in [-0.25, -0.2) is 4.39 Å². The molecule has 0 aliphatic carbocycles. The molecule has 0 heterocycles. The van der Waals surface area contributed by atoms with E-state index in [4.69, 9.17) is 5.11 Å². The zero-order valence-electron chi connectivity index (χ0n) is 8.63. The molecule has 0 radical (unpaired) electrons. The Bertz CT molecular complexity index is 315. The van der Waals surface area contributed by atoms with Crippen LogP contribution in [0.15, 0.2) is 22.7 Å². The van der Waals surface area contributed by atoms with Gasteiger partial charge in [0.2, 0.25) is 0 Å². The van der Waals surface area contributed by atoms with Gasteiger partial charge in [-0.1, -0.05) is 19.1 Å². The van der Waals surface area contributed by atoms with Crippen molar-refractivity contribution in [3.63, 3.8) is 0 Å². The molecule has 0 bridgehead atoms. The summed E-state index contributed by atoms with van der Waals surface area (Å²) in [7, 11) is 0. The molecule has 0 spiro atoms. The third-order valence-electron chi connectivity index (χ3n) is 2.33. The average molecular weight is 276 g/mol. The maximum atomic E-state index is 13.1. The van der Waals surface area contributed by atoms with Gasteiger partial charge in [0, 0.05) is 12.6 Å². The fraction of sp³-hybridized carbons (Fsp3) is 0.455. The van der Waals surface area contributed by atoms with Crippen molar-refractivity contribution in [1.82, 2.24) is 5.32 Å². The standard InChI is InChI=1S/C11H15BrFNO/c1-2-9(7-15)14-6-8-4-3-5-10(13)11(8)12/h3-5,9,14-15H,2,6-7H2,1H3. The van der Waals surface area contributed by atoms with E-state index in [1.54, 1.807) is 6.07 Å². The predicted molar refractivity (Wildman–Crippen MR) is 62.1 cm³/mol. The highest BCUT2D eigenvalue weighted by atomic mass is 79.9. The van der Waals surface area contributed by atoms with Crippen LogP contribution in [0.4, 0.5) is 4.39 Å². The molecule has 0 aliphatic heterocycles. The summed E-state index contributed by atoms with van der Waals surface area (Å²) in [5, 5.41) is 12.1. The third kappa shape index (κ3) is 3.55. The van der Waals surface area contributed by atoms with Crippen molar-refractivity contribution in [1.29, 1.82) is 0 Å². The van der Waals surface area contributed by atoms with E-state index in [0.717, 1.165) is 12.0 Å². The fourth-order valence-electron chi connectivity index (χ4n) is 1.28. The molecule has 1 aromatic carbocycles. The van der Waals surface area contributed by atoms with E-state index in [1.807, 2.05) is 13.0 Å². The number of aliphatic hydroxyl groups excluding tert-OH is 1. The molecule has 1 atom stereocenters. The minimum absolute atomic E-state index is 0.0696. The first kappa shape index (κ1) is 12.6. The van der Waals surface area contributed by atoms with Gasteiger partial charge in [-0.15, -0.1) is 0 Å². The van der Waals surface area contributed by atoms with Crippen LogP contribution in [0.5, 0.6) is 0 Å². The number of halogens is 2. The summed E-state index contributed by atoms with van der Waals surface area (Å²) in [6.45, 7) is 2.65. The quantitative estimate of drug-likeness (QED) is 0.865. The van der Waals surface area contributed by atoms with Gasteiger partial charge in [0.15, 0.2) is 0 Å². The van der Waals surface area contributed by atoms with Gasteiger partial charge in [0.1, 0.15) is 5.82 Å². The van der Waals surface area contributed by atoms with Crippen LogP contribution in [0.25, 0.3) is 0 Å². The molecule has 0 amide bonds. The highest BCUT2D eigenvalue weighted by Crippen LogP contribution is 2.20. The second kappa shape index (κ2) is 6.20. The van der Waals surface area contributed by atoms with Crippen molar-refractivity contribution in [2.24, 2.45) is 0 Å². The van der Waals surface area contributed by atoms with Crippen molar-refractivity contribution in [2.45, 2.75) is 25.9 Å². The summed E-state index contributed by atoms with van der Waals surface area (Å²) in [4.78, 5) is 0. The average Bonchev–Trinajstić information content (AvgIpc) is 2.25. The highest BCUT2D eigenvalue weighted by Gasteiger charge is 2.07. The van der Waals surface area contributed by atoms with Crippen molar-refractivity contribution in [2.75, 3.05) is 6.61 Å². The lowest BCUT2D eigenvalue weighted by atomic mass is 10.2. The van der Waals surface area contributed by atoms with Crippen molar-refractivity contribution >= 4 is 15.9 Å². The van der Waals surface area contributed by atoms with E-state index in [-0.39, 0.29) is 18.5 Å². The molecule has 84 valence electrons. The Morgan fingerprint density at radius 2 is 2.27 bits per heavy atom. The lowest BCUT2D eigenvalue weighted by Crippen LogP contribution is -2.31. The van der Waals surface area contributed by atoms with Gasteiger partial charge in [-0.2, -0.15) is 0 Å². The largest absolute Gasteiger partial charge is 0.395 e. The summed E-state index contributed by atoms with van der Waals surface area (Å²) in [6, 6.07) is 5.01. The Balaban J connectivity index is 2.61. The lowest BCUT2D eigenvalue weighted by Gasteiger charge is -2.14. The first-order chi connectivity index (χ1) is 7.19. The number of hydrogen-bond donors (Lipinski definition) is 2. The van der Waals surface area contributed by atoms with Crippen LogP contribution in [0.3, 0.4) is 0 Å². The molecule has 1 rings (SSSR count). The zero-order chi connectivity index (χ0) is 11.3. The monoisotopic (exact) mass is 275 g/mol. The summed E-state index contributed by atoms with van der Waals surface area (Å²) in [6.07, 6.45) is 0.851. The Morgan fingerprint density at radius 1 is 1.53 bits per heavy atom. The SMILES string of the molecule is CCC(CO)NCc1cccc(F)c1Br. The topological polar surface area (TPSA) is 32.3 Å². The number of rotatable bonds is 5. The lowest BCUT2D eigenvalue weighted by molar-refractivity contribution is 0.238. The number of benzene rings is 1. The zero-order valence-corrected chi connectivity index (χ0v) is 10.2. The van der Waals surface area contributed by atoms with Crippen LogP contribution in [-0.4, -0.2) is 17.8 Å². The molecular weight excluding hydrogens is 261 g/mol. The summed E-state index contributed by atoms with van der Waals surface area (Å²) >= 11 is 3.20. The third-order valence-corrected chi connectivity index (χ3v) is 3.21. The molecule has 0 fully saturated rings. The first-order valence-corrected chi connectivity index (χ1v) is 5.75. The van der Waals surface area contributed by atoms with Crippen LogP contribution >= 0.6 is 15.9 Å². The van der Waals surface area contributed by atoms with Crippen molar-refractivity contribution in [3.8, 4) is 0 Å². The fourth-order valence-corrected chi connectivity index (χ4v) is 1.68. The van der Waals surface area contributed by atoms with E-state index in [0.29, 0.717) is 11.0 Å². The summed E-state index contributed by atoms with van der Waals surface area (Å²) < 4.78 is 13.6. The van der Waals surface area contributed by atoms with Gasteiger partial charge >= 0.3 is 0 Å². The van der Waals surface area contributed by atoms with Crippen LogP contribution in [0.1, 0.15) is 18.9 Å². The molecule has 0 saturated heterocycles. The van der Waals surface area contributed by atoms with E-state index < -0.39 is 0 Å². The second-order valence-electron chi connectivity index (χ2n) is 3.38. The Hall–Kier alpha value is -0.450. The molecule has 2 N–H and O–H groups in total. The van der Waals surface area contributed by atoms with Crippen molar-refractivity contribution in [3.05, 3.63) is 34.1 Å². The maximum Gasteiger partial charge on any atom is 0.137 e. The van der Waals surface area contributed by atoms with E-state index >= 15 is 0 Å². The summed E-state index contributed by atoms with van der Waals surface area (Å²) in [5.74, 6) is -0.258. The van der Waals surface area contributed by atoms with Gasteiger partial charge < -0.3 is 10.4 Å². The van der Waals surface area contributed by atoms with Crippen molar-refractivity contribution < 1.29 is 9.50 Å². The van der Waals surface area contributed by atoms with E-state index in [2.05, 4.69) is 21.2 Å². The smallest absolute Gasteiger partial charge is 0.137 e. The Morgan fingerprint density at radius 3 is 2.87 bits per heavy atom. The maximum absolute atomic E-state index is 13.1. The predicted octanol–water partition coefficient (Wildman–Crippen LogP) is 2.45. The number of hydrogen-bond acceptors (Lipinski definition) is 2. The van der Waals surface area contributed by atoms with Gasteiger partial charge in [0.05, 0.1) is 11.1 Å². The van der Waals surface area contributed by atoms with Crippen LogP contribution in [-0.2, 0) is 6.54 Å². The van der Waals surface area contributed by atoms with Crippen LogP contribution < -0.4 is 5.32 Å². The normalized spacial score (nSPS) is 12.8. The molecule has 2 nitrogen and oxygen atoms in total. The van der Waals surface area contributed by atoms with E-state index in [1.165, 1.54) is 6.07 Å². The number of aliphatic hydroxyl groups is 1. The molecule has 1 aromatic rings. The molecule has 1 unspecified atom stereocenters. The Kier molecular flexibility index (Phi) is 5.22. The van der Waals surface area contributed by atoms with Gasteiger partial charge in [-0.3, -0.25) is 0 Å². The minimum atomic E-state index is -0.258. The second-order valence-corrected chi connectivity index (χ2v) is 4.17. The first-order valence-electron chi connectivity index (χ1n) is 4.96. The molecule has 4 heteroatoms. The molecular formula is C11H15BrFNO. The van der Waals surface area contributed by atoms with Gasteiger partial charge in [0.25, 0.3) is 0 Å². The Labute approximate surface area is 97.6 Å². The molecule has 15 heavy (non-hydrogen) atoms. The van der Waals surface area contributed by atoms with Gasteiger partial charge in [-0.05, 0) is 34.0 Å². The molecule has 0 aliphatic rings. The van der Waals surface area contributed by atoms with Crippen LogP contribution in [0.2, 0.25) is 0 Å². The van der Waals surface area contributed by atoms with E-state index in [9.17, 15) is 4.39 Å². The highest BCUT2D eigenvalue weighted by molar-refractivity contribution is 9.10. The van der Waals surface area contributed by atoms with Crippen LogP contribution in [0, 0.1) is 5.82 Å². The molecule has 0 saturated carbocycles.